The van der Waals surface area contributed by atoms with Crippen LogP contribution >= 0.6 is 0 Å². The van der Waals surface area contributed by atoms with Gasteiger partial charge in [-0.15, -0.1) is 0 Å². The molecule has 0 saturated heterocycles. The fraction of sp³-hybridized carbons (Fsp3) is 0.545. The first kappa shape index (κ1) is 19.4. The molecule has 0 spiro atoms. The highest BCUT2D eigenvalue weighted by atomic mass is 15.0. The molecule has 0 aliphatic carbocycles. The van der Waals surface area contributed by atoms with Crippen molar-refractivity contribution >= 4 is 5.82 Å². The first-order valence-corrected chi connectivity index (χ1v) is 9.85. The van der Waals surface area contributed by atoms with Gasteiger partial charge in [-0.25, -0.2) is 9.97 Å². The molecule has 0 bridgehead atoms. The van der Waals surface area contributed by atoms with Crippen LogP contribution in [0.5, 0.6) is 0 Å². The minimum atomic E-state index is 0.804. The molecule has 0 aliphatic rings. The Morgan fingerprint density at radius 2 is 1.44 bits per heavy atom. The molecule has 0 saturated carbocycles. The Balaban J connectivity index is 1.76. The summed E-state index contributed by atoms with van der Waals surface area (Å²) in [7, 11) is 0. The number of aromatic nitrogens is 2. The Labute approximate surface area is 153 Å². The van der Waals surface area contributed by atoms with Gasteiger partial charge in [-0.2, -0.15) is 0 Å². The molecular formula is C22H33N3. The van der Waals surface area contributed by atoms with E-state index in [0.717, 1.165) is 29.4 Å². The van der Waals surface area contributed by atoms with Crippen LogP contribution < -0.4 is 5.32 Å². The maximum atomic E-state index is 4.68. The van der Waals surface area contributed by atoms with Crippen molar-refractivity contribution in [3.05, 3.63) is 41.6 Å². The smallest absolute Gasteiger partial charge is 0.161 e. The average Bonchev–Trinajstić information content (AvgIpc) is 2.60. The van der Waals surface area contributed by atoms with Gasteiger partial charge in [0.2, 0.25) is 0 Å². The standard InChI is InChI=1S/C22H33N3/c1-4-5-6-7-8-9-10-11-16-23-21-17-19(3)24-22(25-21)20-14-12-18(2)13-15-20/h12-15,17H,4-11,16H2,1-3H3,(H,23,24,25). The molecule has 0 amide bonds. The van der Waals surface area contributed by atoms with Crippen LogP contribution in [-0.4, -0.2) is 16.5 Å². The fourth-order valence-corrected chi connectivity index (χ4v) is 2.97. The quantitative estimate of drug-likeness (QED) is 0.487. The predicted octanol–water partition coefficient (Wildman–Crippen LogP) is 6.31. The monoisotopic (exact) mass is 339 g/mol. The molecule has 25 heavy (non-hydrogen) atoms. The van der Waals surface area contributed by atoms with Gasteiger partial charge in [0.05, 0.1) is 0 Å². The third kappa shape index (κ3) is 7.25. The van der Waals surface area contributed by atoms with E-state index >= 15 is 0 Å². The number of hydrogen-bond donors (Lipinski definition) is 1. The molecule has 0 unspecified atom stereocenters. The highest BCUT2D eigenvalue weighted by molar-refractivity contribution is 5.58. The Bertz CT molecular complexity index is 620. The Morgan fingerprint density at radius 1 is 0.800 bits per heavy atom. The van der Waals surface area contributed by atoms with Gasteiger partial charge in [0.1, 0.15) is 5.82 Å². The van der Waals surface area contributed by atoms with Crippen LogP contribution in [0.3, 0.4) is 0 Å². The molecule has 0 fully saturated rings. The Kier molecular flexibility index (Phi) is 8.44. The van der Waals surface area contributed by atoms with E-state index in [0.29, 0.717) is 0 Å². The zero-order chi connectivity index (χ0) is 17.9. The van der Waals surface area contributed by atoms with E-state index < -0.39 is 0 Å². The summed E-state index contributed by atoms with van der Waals surface area (Å²) in [6, 6.07) is 10.4. The van der Waals surface area contributed by atoms with Gasteiger partial charge in [0.25, 0.3) is 0 Å². The SMILES string of the molecule is CCCCCCCCCCNc1cc(C)nc(-c2ccc(C)cc2)n1. The second kappa shape index (κ2) is 10.9. The Hall–Kier alpha value is -1.90. The molecule has 1 N–H and O–H groups in total. The summed E-state index contributed by atoms with van der Waals surface area (Å²) in [5.74, 6) is 1.74. The molecular weight excluding hydrogens is 306 g/mol. The number of nitrogens with one attached hydrogen (secondary N) is 1. The van der Waals surface area contributed by atoms with E-state index in [9.17, 15) is 0 Å². The number of rotatable bonds is 11. The lowest BCUT2D eigenvalue weighted by Crippen LogP contribution is -2.05. The maximum absolute atomic E-state index is 4.68. The largest absolute Gasteiger partial charge is 0.370 e. The fourth-order valence-electron chi connectivity index (χ4n) is 2.97. The van der Waals surface area contributed by atoms with Gasteiger partial charge < -0.3 is 5.32 Å². The van der Waals surface area contributed by atoms with Gasteiger partial charge in [0, 0.05) is 23.9 Å². The lowest BCUT2D eigenvalue weighted by atomic mass is 10.1. The molecule has 0 atom stereocenters. The molecule has 0 aliphatic heterocycles. The van der Waals surface area contributed by atoms with Crippen LogP contribution in [0.25, 0.3) is 11.4 Å². The van der Waals surface area contributed by atoms with Crippen molar-refractivity contribution in [3.63, 3.8) is 0 Å². The van der Waals surface area contributed by atoms with Crippen molar-refractivity contribution in [1.82, 2.24) is 9.97 Å². The van der Waals surface area contributed by atoms with Gasteiger partial charge in [0.15, 0.2) is 5.82 Å². The van der Waals surface area contributed by atoms with Gasteiger partial charge in [-0.1, -0.05) is 81.7 Å². The van der Waals surface area contributed by atoms with E-state index in [1.807, 2.05) is 13.0 Å². The Morgan fingerprint density at radius 3 is 2.12 bits per heavy atom. The number of benzene rings is 1. The van der Waals surface area contributed by atoms with E-state index in [1.165, 1.54) is 56.9 Å². The summed E-state index contributed by atoms with van der Waals surface area (Å²) in [5.41, 5.74) is 3.33. The molecule has 0 radical (unpaired) electrons. The molecule has 1 aromatic heterocycles. The van der Waals surface area contributed by atoms with Gasteiger partial charge in [-0.3, -0.25) is 0 Å². The van der Waals surface area contributed by atoms with Gasteiger partial charge in [-0.05, 0) is 20.3 Å². The number of aryl methyl sites for hydroxylation is 2. The van der Waals surface area contributed by atoms with Gasteiger partial charge >= 0.3 is 0 Å². The van der Waals surface area contributed by atoms with Crippen LogP contribution in [0.1, 0.15) is 69.5 Å². The van der Waals surface area contributed by atoms with Crippen molar-refractivity contribution in [2.45, 2.75) is 72.1 Å². The van der Waals surface area contributed by atoms with Crippen LogP contribution in [0.4, 0.5) is 5.82 Å². The second-order valence-corrected chi connectivity index (χ2v) is 6.99. The molecule has 1 aromatic carbocycles. The van der Waals surface area contributed by atoms with Crippen LogP contribution in [0.15, 0.2) is 30.3 Å². The van der Waals surface area contributed by atoms with Crippen molar-refractivity contribution in [1.29, 1.82) is 0 Å². The lowest BCUT2D eigenvalue weighted by Gasteiger charge is -2.09. The number of unbranched alkanes of at least 4 members (excludes halogenated alkanes) is 7. The second-order valence-electron chi connectivity index (χ2n) is 6.99. The van der Waals surface area contributed by atoms with Crippen LogP contribution in [-0.2, 0) is 0 Å². The zero-order valence-corrected chi connectivity index (χ0v) is 16.1. The summed E-state index contributed by atoms with van der Waals surface area (Å²) in [4.78, 5) is 9.25. The summed E-state index contributed by atoms with van der Waals surface area (Å²) < 4.78 is 0. The van der Waals surface area contributed by atoms with Crippen LogP contribution in [0.2, 0.25) is 0 Å². The first-order chi connectivity index (χ1) is 12.2. The van der Waals surface area contributed by atoms with E-state index in [4.69, 9.17) is 0 Å². The lowest BCUT2D eigenvalue weighted by molar-refractivity contribution is 0.581. The van der Waals surface area contributed by atoms with Crippen LogP contribution in [0, 0.1) is 13.8 Å². The summed E-state index contributed by atoms with van der Waals surface area (Å²) in [5, 5.41) is 3.47. The molecule has 3 heteroatoms. The van der Waals surface area contributed by atoms with E-state index in [-0.39, 0.29) is 0 Å². The van der Waals surface area contributed by atoms with Crippen molar-refractivity contribution in [3.8, 4) is 11.4 Å². The zero-order valence-electron chi connectivity index (χ0n) is 16.1. The topological polar surface area (TPSA) is 37.8 Å². The summed E-state index contributed by atoms with van der Waals surface area (Å²) in [6.07, 6.45) is 10.7. The first-order valence-electron chi connectivity index (χ1n) is 9.85. The average molecular weight is 340 g/mol. The molecule has 2 aromatic rings. The van der Waals surface area contributed by atoms with E-state index in [2.05, 4.69) is 53.4 Å². The highest BCUT2D eigenvalue weighted by Gasteiger charge is 2.05. The number of anilines is 1. The summed E-state index contributed by atoms with van der Waals surface area (Å²) >= 11 is 0. The molecule has 3 nitrogen and oxygen atoms in total. The van der Waals surface area contributed by atoms with E-state index in [1.54, 1.807) is 0 Å². The minimum Gasteiger partial charge on any atom is -0.370 e. The number of nitrogens with zero attached hydrogens (tertiary/aromatic N) is 2. The summed E-state index contributed by atoms with van der Waals surface area (Å²) in [6.45, 7) is 7.38. The van der Waals surface area contributed by atoms with Crippen molar-refractivity contribution in [2.75, 3.05) is 11.9 Å². The normalized spacial score (nSPS) is 10.8. The van der Waals surface area contributed by atoms with Crippen molar-refractivity contribution < 1.29 is 0 Å². The third-order valence-electron chi connectivity index (χ3n) is 4.50. The molecule has 136 valence electrons. The minimum absolute atomic E-state index is 0.804. The van der Waals surface area contributed by atoms with Crippen molar-refractivity contribution in [2.24, 2.45) is 0 Å². The molecule has 2 rings (SSSR count). The number of hydrogen-bond acceptors (Lipinski definition) is 3. The third-order valence-corrected chi connectivity index (χ3v) is 4.50. The maximum Gasteiger partial charge on any atom is 0.161 e. The predicted molar refractivity (Wildman–Crippen MR) is 108 cm³/mol. The molecule has 1 heterocycles. The highest BCUT2D eigenvalue weighted by Crippen LogP contribution is 2.18.